The molecule has 2 aromatic rings. The maximum Gasteiger partial charge on any atom is 0.329 e. The van der Waals surface area contributed by atoms with Crippen molar-refractivity contribution in [3.63, 3.8) is 0 Å². The fourth-order valence-electron chi connectivity index (χ4n) is 3.40. The molecule has 1 aliphatic rings. The van der Waals surface area contributed by atoms with E-state index in [1.807, 2.05) is 13.8 Å². The van der Waals surface area contributed by atoms with E-state index in [0.29, 0.717) is 0 Å². The highest BCUT2D eigenvalue weighted by atomic mass is 16.5. The van der Waals surface area contributed by atoms with Crippen molar-refractivity contribution in [1.82, 2.24) is 14.8 Å². The van der Waals surface area contributed by atoms with Crippen LogP contribution in [0.3, 0.4) is 0 Å². The van der Waals surface area contributed by atoms with Crippen LogP contribution in [0.5, 0.6) is 0 Å². The molecule has 2 heterocycles. The molecule has 1 unspecified atom stereocenters. The number of benzene rings is 1. The molecule has 0 aliphatic carbocycles. The lowest BCUT2D eigenvalue weighted by Crippen LogP contribution is -2.47. The van der Waals surface area contributed by atoms with E-state index in [0.717, 1.165) is 4.90 Å². The van der Waals surface area contributed by atoms with Gasteiger partial charge in [-0.05, 0) is 36.6 Å². The zero-order valence-electron chi connectivity index (χ0n) is 17.5. The molecule has 0 saturated heterocycles. The first-order chi connectivity index (χ1) is 14.7. The number of carbonyl (C=O) groups is 5. The van der Waals surface area contributed by atoms with E-state index in [-0.39, 0.29) is 29.2 Å². The molecule has 0 spiro atoms. The lowest BCUT2D eigenvalue weighted by molar-refractivity contribution is -0.152. The second-order valence-corrected chi connectivity index (χ2v) is 7.66. The van der Waals surface area contributed by atoms with Gasteiger partial charge in [-0.15, -0.1) is 0 Å². The molecule has 3 rings (SSSR count). The van der Waals surface area contributed by atoms with Crippen molar-refractivity contribution >= 4 is 29.6 Å². The van der Waals surface area contributed by atoms with E-state index in [1.165, 1.54) is 22.8 Å². The number of hydrogen-bond acceptors (Lipinski definition) is 6. The Kier molecular flexibility index (Phi) is 6.33. The van der Waals surface area contributed by atoms with Crippen LogP contribution in [-0.2, 0) is 21.4 Å². The first-order valence-electron chi connectivity index (χ1n) is 9.79. The van der Waals surface area contributed by atoms with Crippen LogP contribution in [0, 0.1) is 5.92 Å². The summed E-state index contributed by atoms with van der Waals surface area (Å²) in [6.07, 6.45) is 1.83. The summed E-state index contributed by atoms with van der Waals surface area (Å²) in [5, 5.41) is 2.14. The second-order valence-electron chi connectivity index (χ2n) is 7.66. The smallest absolute Gasteiger partial charge is 0.329 e. The molecular weight excluding hydrogens is 402 g/mol. The zero-order valence-corrected chi connectivity index (χ0v) is 17.5. The zero-order chi connectivity index (χ0) is 22.7. The van der Waals surface area contributed by atoms with E-state index in [2.05, 4.69) is 5.32 Å². The number of fused-ring (bicyclic) bond motifs is 1. The van der Waals surface area contributed by atoms with Gasteiger partial charge in [0, 0.05) is 13.2 Å². The molecule has 1 aromatic carbocycles. The highest BCUT2D eigenvalue weighted by Gasteiger charge is 2.43. The van der Waals surface area contributed by atoms with Gasteiger partial charge in [0.05, 0.1) is 11.1 Å². The average Bonchev–Trinajstić information content (AvgIpc) is 3.26. The average molecular weight is 425 g/mol. The van der Waals surface area contributed by atoms with Crippen molar-refractivity contribution < 1.29 is 28.7 Å². The minimum atomic E-state index is -1.18. The number of nitrogens with zero attached hydrogens (tertiary/aromatic N) is 2. The number of amides is 4. The Morgan fingerprint density at radius 1 is 1.00 bits per heavy atom. The Hall–Kier alpha value is -3.75. The van der Waals surface area contributed by atoms with E-state index in [1.54, 1.807) is 31.4 Å². The number of rotatable bonds is 7. The summed E-state index contributed by atoms with van der Waals surface area (Å²) >= 11 is 0. The summed E-state index contributed by atoms with van der Waals surface area (Å²) in [7, 11) is 1.65. The highest BCUT2D eigenvalue weighted by molar-refractivity contribution is 6.22. The van der Waals surface area contributed by atoms with Crippen LogP contribution in [0.25, 0.3) is 0 Å². The Balaban J connectivity index is 1.68. The lowest BCUT2D eigenvalue weighted by atomic mass is 10.0. The molecular formula is C22H23N3O6. The SMILES string of the molecule is CC(C)CC(C(=O)OCC(=O)NC(=O)c1cccn1C)N1C(=O)c2ccccc2C1=O. The van der Waals surface area contributed by atoms with Gasteiger partial charge in [-0.2, -0.15) is 0 Å². The molecule has 1 aliphatic heterocycles. The molecule has 0 saturated carbocycles. The number of hydrogen-bond donors (Lipinski definition) is 1. The van der Waals surface area contributed by atoms with Crippen LogP contribution in [0.4, 0.5) is 0 Å². The summed E-state index contributed by atoms with van der Waals surface area (Å²) in [5.41, 5.74) is 0.711. The topological polar surface area (TPSA) is 115 Å². The Bertz CT molecular complexity index is 1020. The lowest BCUT2D eigenvalue weighted by Gasteiger charge is -2.25. The number of nitrogens with one attached hydrogen (secondary N) is 1. The van der Waals surface area contributed by atoms with E-state index in [9.17, 15) is 24.0 Å². The van der Waals surface area contributed by atoms with Crippen LogP contribution in [0.1, 0.15) is 51.5 Å². The monoisotopic (exact) mass is 425 g/mol. The number of esters is 1. The minimum absolute atomic E-state index is 0.0328. The molecule has 1 aromatic heterocycles. The van der Waals surface area contributed by atoms with Crippen molar-refractivity contribution in [3.05, 3.63) is 59.4 Å². The third-order valence-corrected chi connectivity index (χ3v) is 4.88. The third-order valence-electron chi connectivity index (χ3n) is 4.88. The fraction of sp³-hybridized carbons (Fsp3) is 0.318. The molecule has 0 radical (unpaired) electrons. The van der Waals surface area contributed by atoms with Crippen LogP contribution >= 0.6 is 0 Å². The van der Waals surface area contributed by atoms with Crippen molar-refractivity contribution in [2.45, 2.75) is 26.3 Å². The van der Waals surface area contributed by atoms with Gasteiger partial charge in [-0.1, -0.05) is 26.0 Å². The van der Waals surface area contributed by atoms with Crippen LogP contribution in [0.15, 0.2) is 42.6 Å². The Labute approximate surface area is 179 Å². The predicted octanol–water partition coefficient (Wildman–Crippen LogP) is 1.54. The molecule has 0 fully saturated rings. The molecule has 4 amide bonds. The summed E-state index contributed by atoms with van der Waals surface area (Å²) in [4.78, 5) is 63.3. The van der Waals surface area contributed by atoms with Crippen molar-refractivity contribution in [3.8, 4) is 0 Å². The van der Waals surface area contributed by atoms with Gasteiger partial charge >= 0.3 is 5.97 Å². The van der Waals surface area contributed by atoms with E-state index in [4.69, 9.17) is 4.74 Å². The second kappa shape index (κ2) is 8.95. The Morgan fingerprint density at radius 3 is 2.13 bits per heavy atom. The van der Waals surface area contributed by atoms with Crippen molar-refractivity contribution in [2.24, 2.45) is 13.0 Å². The largest absolute Gasteiger partial charge is 0.454 e. The molecule has 9 heteroatoms. The van der Waals surface area contributed by atoms with Gasteiger partial charge in [0.1, 0.15) is 11.7 Å². The van der Waals surface area contributed by atoms with Gasteiger partial charge in [0.25, 0.3) is 23.6 Å². The van der Waals surface area contributed by atoms with E-state index < -0.39 is 42.2 Å². The summed E-state index contributed by atoms with van der Waals surface area (Å²) in [5.74, 6) is -3.52. The van der Waals surface area contributed by atoms with Gasteiger partial charge < -0.3 is 9.30 Å². The number of carbonyl (C=O) groups excluding carboxylic acids is 5. The van der Waals surface area contributed by atoms with Crippen molar-refractivity contribution in [1.29, 1.82) is 0 Å². The Morgan fingerprint density at radius 2 is 1.61 bits per heavy atom. The summed E-state index contributed by atoms with van der Waals surface area (Å²) in [6.45, 7) is 2.96. The predicted molar refractivity (Wildman–Crippen MR) is 109 cm³/mol. The molecule has 162 valence electrons. The molecule has 31 heavy (non-hydrogen) atoms. The van der Waals surface area contributed by atoms with Gasteiger partial charge in [-0.3, -0.25) is 29.4 Å². The normalized spacial score (nSPS) is 13.9. The molecule has 0 bridgehead atoms. The third kappa shape index (κ3) is 4.55. The number of aryl methyl sites for hydroxylation is 1. The van der Waals surface area contributed by atoms with Crippen LogP contribution in [0.2, 0.25) is 0 Å². The standard InChI is InChI=1S/C22H23N3O6/c1-13(2)11-17(25-20(28)14-7-4-5-8-15(14)21(25)29)22(30)31-12-18(26)23-19(27)16-9-6-10-24(16)3/h4-10,13,17H,11-12H2,1-3H3,(H,23,26,27). The van der Waals surface area contributed by atoms with Crippen LogP contribution in [-0.4, -0.2) is 51.7 Å². The highest BCUT2D eigenvalue weighted by Crippen LogP contribution is 2.27. The number of aromatic nitrogens is 1. The fourth-order valence-corrected chi connectivity index (χ4v) is 3.40. The summed E-state index contributed by atoms with van der Waals surface area (Å²) < 4.78 is 6.60. The number of imide groups is 2. The summed E-state index contributed by atoms with van der Waals surface area (Å²) in [6, 6.07) is 8.33. The quantitative estimate of drug-likeness (QED) is 0.532. The maximum absolute atomic E-state index is 12.8. The van der Waals surface area contributed by atoms with Gasteiger partial charge in [0.15, 0.2) is 6.61 Å². The molecule has 1 N–H and O–H groups in total. The van der Waals surface area contributed by atoms with E-state index >= 15 is 0 Å². The maximum atomic E-state index is 12.8. The molecule has 9 nitrogen and oxygen atoms in total. The minimum Gasteiger partial charge on any atom is -0.454 e. The van der Waals surface area contributed by atoms with Gasteiger partial charge in [0.2, 0.25) is 0 Å². The first kappa shape index (κ1) is 21.9. The molecule has 1 atom stereocenters. The van der Waals surface area contributed by atoms with Gasteiger partial charge in [-0.25, -0.2) is 4.79 Å². The van der Waals surface area contributed by atoms with Crippen molar-refractivity contribution in [2.75, 3.05) is 6.61 Å². The van der Waals surface area contributed by atoms with Crippen LogP contribution < -0.4 is 5.32 Å². The number of ether oxygens (including phenoxy) is 1. The first-order valence-corrected chi connectivity index (χ1v) is 9.79.